The van der Waals surface area contributed by atoms with Gasteiger partial charge in [-0.1, -0.05) is 36.0 Å². The second kappa shape index (κ2) is 7.01. The highest BCUT2D eigenvalue weighted by Crippen LogP contribution is 2.43. The first-order valence-electron chi connectivity index (χ1n) is 7.62. The normalized spacial score (nSPS) is 19.2. The van der Waals surface area contributed by atoms with Crippen LogP contribution in [0.3, 0.4) is 0 Å². The Morgan fingerprint density at radius 3 is 2.37 bits per heavy atom. The number of hydrogen-bond donors (Lipinski definition) is 1. The highest BCUT2D eigenvalue weighted by atomic mass is 35.5. The molecule has 4 nitrogen and oxygen atoms in total. The first-order valence-corrected chi connectivity index (χ1v) is 8.40. The number of rotatable bonds is 3. The minimum atomic E-state index is -4.90. The summed E-state index contributed by atoms with van der Waals surface area (Å²) in [7, 11) is 1.51. The Kier molecular flexibility index (Phi) is 5.05. The van der Waals surface area contributed by atoms with E-state index in [-0.39, 0.29) is 21.2 Å². The third kappa shape index (κ3) is 3.59. The number of aliphatic carboxylic acids is 1. The molecule has 2 atom stereocenters. The molecule has 2 aromatic carbocycles. The first-order chi connectivity index (χ1) is 12.6. The second-order valence-corrected chi connectivity index (χ2v) is 6.66. The number of benzene rings is 2. The lowest BCUT2D eigenvalue weighted by Crippen LogP contribution is -2.50. The molecule has 0 spiro atoms. The highest BCUT2D eigenvalue weighted by molar-refractivity contribution is 7.81. The molecular weight excluding hydrogens is 405 g/mol. The summed E-state index contributed by atoms with van der Waals surface area (Å²) in [5.74, 6) is -3.28. The first kappa shape index (κ1) is 19.4. The van der Waals surface area contributed by atoms with E-state index in [4.69, 9.17) is 33.3 Å². The standard InChI is InChI=1S/C18H12ClF3O4S/c1-25-9-4-2-8(3-5-9)10-7-13-11(6-12(10)19)15(27)14(17(23)24)16(26-13)18(20,21)22/h2-7,14,16H,1H3,(H,23,24). The fourth-order valence-electron chi connectivity index (χ4n) is 2.84. The third-order valence-corrected chi connectivity index (χ3v) is 4.95. The minimum Gasteiger partial charge on any atom is -0.497 e. The van der Waals surface area contributed by atoms with Crippen molar-refractivity contribution in [1.82, 2.24) is 0 Å². The average molecular weight is 417 g/mol. The lowest BCUT2D eigenvalue weighted by Gasteiger charge is -2.33. The van der Waals surface area contributed by atoms with Crippen LogP contribution < -0.4 is 9.47 Å². The van der Waals surface area contributed by atoms with Gasteiger partial charge in [0.2, 0.25) is 6.10 Å². The van der Waals surface area contributed by atoms with Crippen LogP contribution in [-0.4, -0.2) is 35.3 Å². The molecular formula is C18H12ClF3O4S. The molecule has 1 aliphatic rings. The van der Waals surface area contributed by atoms with E-state index in [0.29, 0.717) is 16.9 Å². The maximum atomic E-state index is 13.3. The van der Waals surface area contributed by atoms with Gasteiger partial charge in [0.1, 0.15) is 17.4 Å². The Bertz CT molecular complexity index is 912. The van der Waals surface area contributed by atoms with Gasteiger partial charge in [-0.05, 0) is 29.8 Å². The molecule has 0 bridgehead atoms. The number of alkyl halides is 3. The Labute approximate surface area is 162 Å². The van der Waals surface area contributed by atoms with E-state index in [9.17, 15) is 23.1 Å². The quantitative estimate of drug-likeness (QED) is 0.731. The van der Waals surface area contributed by atoms with Gasteiger partial charge in [0.05, 0.1) is 7.11 Å². The Balaban J connectivity index is 2.11. The van der Waals surface area contributed by atoms with E-state index >= 15 is 0 Å². The third-order valence-electron chi connectivity index (χ3n) is 4.16. The van der Waals surface area contributed by atoms with Crippen molar-refractivity contribution in [3.63, 3.8) is 0 Å². The fraction of sp³-hybridized carbons (Fsp3) is 0.222. The maximum absolute atomic E-state index is 13.3. The number of methoxy groups -OCH3 is 1. The molecule has 2 unspecified atom stereocenters. The zero-order chi connectivity index (χ0) is 19.9. The van der Waals surface area contributed by atoms with Crippen LogP contribution in [0.5, 0.6) is 11.5 Å². The fourth-order valence-corrected chi connectivity index (χ4v) is 3.50. The Hall–Kier alpha value is -2.32. The summed E-state index contributed by atoms with van der Waals surface area (Å²) < 4.78 is 50.0. The zero-order valence-electron chi connectivity index (χ0n) is 13.7. The number of halogens is 4. The highest BCUT2D eigenvalue weighted by Gasteiger charge is 2.54. The van der Waals surface area contributed by atoms with E-state index in [0.717, 1.165) is 0 Å². The summed E-state index contributed by atoms with van der Waals surface area (Å²) in [5.41, 5.74) is 1.12. The van der Waals surface area contributed by atoms with Crippen LogP contribution in [0, 0.1) is 5.92 Å². The van der Waals surface area contributed by atoms with Gasteiger partial charge in [0.25, 0.3) is 0 Å². The van der Waals surface area contributed by atoms with Gasteiger partial charge >= 0.3 is 12.1 Å². The molecule has 142 valence electrons. The van der Waals surface area contributed by atoms with Crippen LogP contribution in [0.4, 0.5) is 13.2 Å². The van der Waals surface area contributed by atoms with E-state index in [2.05, 4.69) is 0 Å². The van der Waals surface area contributed by atoms with Crippen molar-refractivity contribution in [3.05, 3.63) is 47.0 Å². The van der Waals surface area contributed by atoms with Crippen molar-refractivity contribution in [2.75, 3.05) is 7.11 Å². The van der Waals surface area contributed by atoms with E-state index in [1.165, 1.54) is 19.2 Å². The molecule has 2 aromatic rings. The number of fused-ring (bicyclic) bond motifs is 1. The monoisotopic (exact) mass is 416 g/mol. The molecule has 0 fully saturated rings. The molecule has 27 heavy (non-hydrogen) atoms. The van der Waals surface area contributed by atoms with Crippen LogP contribution in [0.2, 0.25) is 5.02 Å². The van der Waals surface area contributed by atoms with Gasteiger partial charge in [0.15, 0.2) is 0 Å². The van der Waals surface area contributed by atoms with Gasteiger partial charge < -0.3 is 14.6 Å². The summed E-state index contributed by atoms with van der Waals surface area (Å²) in [5, 5.41) is 9.41. The predicted molar refractivity (Wildman–Crippen MR) is 96.7 cm³/mol. The van der Waals surface area contributed by atoms with Crippen molar-refractivity contribution in [3.8, 4) is 22.6 Å². The molecule has 9 heteroatoms. The summed E-state index contributed by atoms with van der Waals surface area (Å²) in [6.45, 7) is 0. The number of thiocarbonyl (C=S) groups is 1. The molecule has 1 N–H and O–H groups in total. The Morgan fingerprint density at radius 1 is 1.22 bits per heavy atom. The van der Waals surface area contributed by atoms with Crippen LogP contribution in [-0.2, 0) is 4.79 Å². The number of hydrogen-bond acceptors (Lipinski definition) is 4. The molecule has 0 radical (unpaired) electrons. The van der Waals surface area contributed by atoms with Gasteiger partial charge in [-0.15, -0.1) is 0 Å². The summed E-state index contributed by atoms with van der Waals surface area (Å²) in [6, 6.07) is 9.40. The lowest BCUT2D eigenvalue weighted by molar-refractivity contribution is -0.209. The average Bonchev–Trinajstić information content (AvgIpc) is 2.60. The zero-order valence-corrected chi connectivity index (χ0v) is 15.3. The predicted octanol–water partition coefficient (Wildman–Crippen LogP) is 4.76. The van der Waals surface area contributed by atoms with Crippen LogP contribution in [0.15, 0.2) is 36.4 Å². The molecule has 0 amide bonds. The van der Waals surface area contributed by atoms with Gasteiger partial charge in [-0.3, -0.25) is 4.79 Å². The van der Waals surface area contributed by atoms with Crippen molar-refractivity contribution in [1.29, 1.82) is 0 Å². The van der Waals surface area contributed by atoms with E-state index < -0.39 is 24.2 Å². The molecule has 0 saturated carbocycles. The molecule has 1 aliphatic heterocycles. The SMILES string of the molecule is COc1ccc(-c2cc3c(cc2Cl)C(=S)C(C(=O)O)C(C(F)(F)F)O3)cc1. The van der Waals surface area contributed by atoms with Crippen LogP contribution in [0.25, 0.3) is 11.1 Å². The Morgan fingerprint density at radius 2 is 1.85 bits per heavy atom. The maximum Gasteiger partial charge on any atom is 0.426 e. The smallest absolute Gasteiger partial charge is 0.426 e. The number of carboxylic acid groups (broad SMARTS) is 1. The van der Waals surface area contributed by atoms with Crippen LogP contribution >= 0.6 is 23.8 Å². The van der Waals surface area contributed by atoms with Gasteiger partial charge in [0, 0.05) is 21.0 Å². The van der Waals surface area contributed by atoms with Crippen molar-refractivity contribution in [2.45, 2.75) is 12.3 Å². The van der Waals surface area contributed by atoms with Crippen molar-refractivity contribution < 1.29 is 32.5 Å². The second-order valence-electron chi connectivity index (χ2n) is 5.82. The molecule has 3 rings (SSSR count). The minimum absolute atomic E-state index is 0.0696. The van der Waals surface area contributed by atoms with E-state index in [1.54, 1.807) is 24.3 Å². The molecule has 0 aromatic heterocycles. The number of carbonyl (C=O) groups is 1. The number of ether oxygens (including phenoxy) is 2. The van der Waals surface area contributed by atoms with Crippen molar-refractivity contribution >= 4 is 34.7 Å². The summed E-state index contributed by atoms with van der Waals surface area (Å²) in [6.07, 6.45) is -7.47. The van der Waals surface area contributed by atoms with Gasteiger partial charge in [-0.25, -0.2) is 0 Å². The largest absolute Gasteiger partial charge is 0.497 e. The topological polar surface area (TPSA) is 55.8 Å². The molecule has 1 heterocycles. The lowest BCUT2D eigenvalue weighted by atomic mass is 9.88. The number of carboxylic acids is 1. The molecule has 0 aliphatic carbocycles. The van der Waals surface area contributed by atoms with Crippen LogP contribution in [0.1, 0.15) is 5.56 Å². The van der Waals surface area contributed by atoms with Gasteiger partial charge in [-0.2, -0.15) is 13.2 Å². The summed E-state index contributed by atoms with van der Waals surface area (Å²) >= 11 is 11.3. The van der Waals surface area contributed by atoms with E-state index in [1.807, 2.05) is 0 Å². The summed E-state index contributed by atoms with van der Waals surface area (Å²) in [4.78, 5) is 11.0. The molecule has 0 saturated heterocycles. The van der Waals surface area contributed by atoms with Crippen molar-refractivity contribution in [2.24, 2.45) is 5.92 Å².